The second-order valence-corrected chi connectivity index (χ2v) is 8.27. The van der Waals surface area contributed by atoms with Gasteiger partial charge < -0.3 is 19.0 Å². The SMILES string of the molecule is O=c1oc(-c2ccccc2)cc(O)c1SSc1c(O)cc(-c2ccccc2)oc1=O. The Kier molecular flexibility index (Phi) is 5.69. The maximum atomic E-state index is 12.3. The van der Waals surface area contributed by atoms with Gasteiger partial charge in [0.1, 0.15) is 32.8 Å². The average Bonchev–Trinajstić information content (AvgIpc) is 2.75. The fourth-order valence-corrected chi connectivity index (χ4v) is 4.76. The van der Waals surface area contributed by atoms with Gasteiger partial charge in [-0.15, -0.1) is 0 Å². The van der Waals surface area contributed by atoms with Crippen LogP contribution in [-0.4, -0.2) is 10.2 Å². The maximum Gasteiger partial charge on any atom is 0.354 e. The zero-order valence-electron chi connectivity index (χ0n) is 15.3. The number of benzene rings is 2. The van der Waals surface area contributed by atoms with Crippen LogP contribution in [0.1, 0.15) is 0 Å². The molecule has 2 aromatic heterocycles. The first-order chi connectivity index (χ1) is 14.5. The molecule has 2 N–H and O–H groups in total. The van der Waals surface area contributed by atoms with Crippen molar-refractivity contribution in [3.8, 4) is 34.1 Å². The first-order valence-corrected chi connectivity index (χ1v) is 10.9. The predicted molar refractivity (Wildman–Crippen MR) is 116 cm³/mol. The summed E-state index contributed by atoms with van der Waals surface area (Å²) in [6.45, 7) is 0. The molecule has 8 heteroatoms. The van der Waals surface area contributed by atoms with Crippen LogP contribution in [0.2, 0.25) is 0 Å². The van der Waals surface area contributed by atoms with Gasteiger partial charge in [-0.1, -0.05) is 60.7 Å². The van der Waals surface area contributed by atoms with Crippen LogP contribution in [0.3, 0.4) is 0 Å². The fraction of sp³-hybridized carbons (Fsp3) is 0. The highest BCUT2D eigenvalue weighted by molar-refractivity contribution is 8.76. The molecule has 0 aliphatic heterocycles. The molecule has 0 saturated heterocycles. The highest BCUT2D eigenvalue weighted by Gasteiger charge is 2.18. The quantitative estimate of drug-likeness (QED) is 0.413. The molecule has 2 aromatic carbocycles. The zero-order valence-corrected chi connectivity index (χ0v) is 16.9. The fourth-order valence-electron chi connectivity index (χ4n) is 2.67. The highest BCUT2D eigenvalue weighted by Crippen LogP contribution is 2.42. The first-order valence-electron chi connectivity index (χ1n) is 8.72. The second kappa shape index (κ2) is 8.56. The lowest BCUT2D eigenvalue weighted by Crippen LogP contribution is -2.04. The van der Waals surface area contributed by atoms with Crippen molar-refractivity contribution in [2.75, 3.05) is 0 Å². The summed E-state index contributed by atoms with van der Waals surface area (Å²) in [6.07, 6.45) is 0. The van der Waals surface area contributed by atoms with Gasteiger partial charge >= 0.3 is 11.3 Å². The number of aromatic hydroxyl groups is 2. The van der Waals surface area contributed by atoms with E-state index in [0.717, 1.165) is 21.6 Å². The molecule has 0 unspecified atom stereocenters. The van der Waals surface area contributed by atoms with Gasteiger partial charge in [0.2, 0.25) is 0 Å². The molecule has 4 rings (SSSR count). The molecule has 0 saturated carbocycles. The van der Waals surface area contributed by atoms with Crippen molar-refractivity contribution in [2.45, 2.75) is 9.79 Å². The topological polar surface area (TPSA) is 101 Å². The minimum Gasteiger partial charge on any atom is -0.506 e. The van der Waals surface area contributed by atoms with Crippen LogP contribution in [0.25, 0.3) is 22.6 Å². The Bertz CT molecular complexity index is 1190. The second-order valence-electron chi connectivity index (χ2n) is 6.12. The molecule has 6 nitrogen and oxygen atoms in total. The lowest BCUT2D eigenvalue weighted by atomic mass is 10.1. The summed E-state index contributed by atoms with van der Waals surface area (Å²) in [6, 6.07) is 20.4. The van der Waals surface area contributed by atoms with E-state index < -0.39 is 11.3 Å². The van der Waals surface area contributed by atoms with E-state index in [2.05, 4.69) is 0 Å². The molecular weight excluding hydrogens is 424 g/mol. The Labute approximate surface area is 178 Å². The lowest BCUT2D eigenvalue weighted by Gasteiger charge is -2.07. The maximum absolute atomic E-state index is 12.3. The minimum absolute atomic E-state index is 0.0920. The number of hydrogen-bond donors (Lipinski definition) is 2. The Morgan fingerprint density at radius 2 is 0.967 bits per heavy atom. The van der Waals surface area contributed by atoms with Gasteiger partial charge in [-0.2, -0.15) is 0 Å². The van der Waals surface area contributed by atoms with E-state index in [4.69, 9.17) is 8.83 Å². The summed E-state index contributed by atoms with van der Waals surface area (Å²) < 4.78 is 10.6. The molecule has 30 heavy (non-hydrogen) atoms. The number of hydrogen-bond acceptors (Lipinski definition) is 8. The molecule has 0 fully saturated rings. The van der Waals surface area contributed by atoms with Gasteiger partial charge in [-0.05, 0) is 21.6 Å². The van der Waals surface area contributed by atoms with Crippen molar-refractivity contribution in [2.24, 2.45) is 0 Å². The summed E-state index contributed by atoms with van der Waals surface area (Å²) >= 11 is 0. The first kappa shape index (κ1) is 19.9. The van der Waals surface area contributed by atoms with E-state index in [0.29, 0.717) is 11.1 Å². The summed E-state index contributed by atoms with van der Waals surface area (Å²) in [5.41, 5.74) is -0.222. The Morgan fingerprint density at radius 3 is 1.30 bits per heavy atom. The summed E-state index contributed by atoms with van der Waals surface area (Å²) in [5.74, 6) is -0.121. The Balaban J connectivity index is 1.60. The molecule has 0 aliphatic carbocycles. The van der Waals surface area contributed by atoms with Crippen molar-refractivity contribution in [1.82, 2.24) is 0 Å². The third-order valence-electron chi connectivity index (χ3n) is 4.10. The molecule has 0 atom stereocenters. The number of rotatable bonds is 5. The van der Waals surface area contributed by atoms with E-state index in [9.17, 15) is 19.8 Å². The molecule has 150 valence electrons. The van der Waals surface area contributed by atoms with Gasteiger partial charge in [0.25, 0.3) is 0 Å². The van der Waals surface area contributed by atoms with Crippen LogP contribution in [0.15, 0.2) is 101 Å². The van der Waals surface area contributed by atoms with Crippen molar-refractivity contribution in [1.29, 1.82) is 0 Å². The van der Waals surface area contributed by atoms with E-state index >= 15 is 0 Å². The van der Waals surface area contributed by atoms with Crippen molar-refractivity contribution in [3.63, 3.8) is 0 Å². The van der Waals surface area contributed by atoms with Crippen molar-refractivity contribution in [3.05, 3.63) is 93.6 Å². The Hall–Kier alpha value is -3.36. The van der Waals surface area contributed by atoms with Gasteiger partial charge in [-0.3, -0.25) is 0 Å². The van der Waals surface area contributed by atoms with Crippen LogP contribution in [0.5, 0.6) is 11.5 Å². The standard InChI is InChI=1S/C22H14O6S2/c23-15-11-17(13-7-3-1-4-8-13)27-21(25)19(15)29-30-20-16(24)12-18(28-22(20)26)14-9-5-2-6-10-14/h1-12,23-24H. The molecule has 4 aromatic rings. The van der Waals surface area contributed by atoms with E-state index in [1.54, 1.807) is 48.5 Å². The average molecular weight is 438 g/mol. The van der Waals surface area contributed by atoms with E-state index in [-0.39, 0.29) is 32.8 Å². The predicted octanol–water partition coefficient (Wildman–Crippen LogP) is 5.14. The molecule has 0 spiro atoms. The summed E-state index contributed by atoms with van der Waals surface area (Å²) in [4.78, 5) is 24.5. The zero-order chi connectivity index (χ0) is 21.1. The third kappa shape index (κ3) is 4.14. The molecule has 0 radical (unpaired) electrons. The monoisotopic (exact) mass is 438 g/mol. The van der Waals surface area contributed by atoms with Gasteiger partial charge in [0.15, 0.2) is 0 Å². The Morgan fingerprint density at radius 1 is 0.600 bits per heavy atom. The van der Waals surface area contributed by atoms with E-state index in [1.807, 2.05) is 12.1 Å². The van der Waals surface area contributed by atoms with Gasteiger partial charge in [-0.25, -0.2) is 9.59 Å². The third-order valence-corrected chi connectivity index (χ3v) is 6.52. The van der Waals surface area contributed by atoms with Crippen LogP contribution in [0, 0.1) is 0 Å². The van der Waals surface area contributed by atoms with Crippen LogP contribution >= 0.6 is 21.6 Å². The van der Waals surface area contributed by atoms with E-state index in [1.165, 1.54) is 12.1 Å². The summed E-state index contributed by atoms with van der Waals surface area (Å²) in [5, 5.41) is 20.6. The largest absolute Gasteiger partial charge is 0.506 e. The van der Waals surface area contributed by atoms with Crippen LogP contribution in [0.4, 0.5) is 0 Å². The lowest BCUT2D eigenvalue weighted by molar-refractivity contribution is 0.429. The van der Waals surface area contributed by atoms with Crippen LogP contribution < -0.4 is 11.3 Å². The van der Waals surface area contributed by atoms with Gasteiger partial charge in [0.05, 0.1) is 0 Å². The molecule has 0 amide bonds. The minimum atomic E-state index is -0.754. The molecule has 0 aliphatic rings. The molecular formula is C22H14O6S2. The van der Waals surface area contributed by atoms with Gasteiger partial charge in [0, 0.05) is 23.3 Å². The highest BCUT2D eigenvalue weighted by atomic mass is 33.1. The van der Waals surface area contributed by atoms with Crippen molar-refractivity contribution < 1.29 is 19.0 Å². The molecule has 2 heterocycles. The summed E-state index contributed by atoms with van der Waals surface area (Å²) in [7, 11) is 1.60. The normalized spacial score (nSPS) is 10.8. The van der Waals surface area contributed by atoms with Crippen LogP contribution in [-0.2, 0) is 0 Å². The molecule has 0 bridgehead atoms. The van der Waals surface area contributed by atoms with Crippen molar-refractivity contribution >= 4 is 21.6 Å². The smallest absolute Gasteiger partial charge is 0.354 e.